The van der Waals surface area contributed by atoms with Crippen molar-refractivity contribution in [2.75, 3.05) is 11.4 Å². The first-order valence-corrected chi connectivity index (χ1v) is 9.52. The molecule has 0 spiro atoms. The van der Waals surface area contributed by atoms with E-state index in [0.29, 0.717) is 18.2 Å². The van der Waals surface area contributed by atoms with Gasteiger partial charge in [0.05, 0.1) is 22.9 Å². The number of fused-ring (bicyclic) bond motifs is 2. The average Bonchev–Trinajstić information content (AvgIpc) is 3.06. The van der Waals surface area contributed by atoms with Gasteiger partial charge in [0.15, 0.2) is 0 Å². The van der Waals surface area contributed by atoms with Crippen molar-refractivity contribution in [2.24, 2.45) is 7.05 Å². The predicted molar refractivity (Wildman–Crippen MR) is 110 cm³/mol. The fourth-order valence-corrected chi connectivity index (χ4v) is 4.06. The third-order valence-corrected chi connectivity index (χ3v) is 5.68. The van der Waals surface area contributed by atoms with Crippen LogP contribution >= 0.6 is 11.6 Å². The summed E-state index contributed by atoms with van der Waals surface area (Å²) < 4.78 is 3.11. The molecule has 2 aromatic heterocycles. The average molecular weight is 392 g/mol. The Kier molecular flexibility index (Phi) is 3.94. The standard InChI is InChI=1S/C21H18ClN5O/c1-25-17-9-5-4-8-16(17)24-21(25)27-20(28)19(22)18(12-23-27)26-11-10-14-6-2-3-7-15(14)13-26/h2-9,12H,10-11,13H2,1H3. The summed E-state index contributed by atoms with van der Waals surface area (Å²) >= 11 is 6.51. The molecule has 0 fully saturated rings. The van der Waals surface area contributed by atoms with E-state index in [1.165, 1.54) is 15.8 Å². The monoisotopic (exact) mass is 391 g/mol. The summed E-state index contributed by atoms with van der Waals surface area (Å²) in [6, 6.07) is 16.1. The first kappa shape index (κ1) is 17.0. The number of aromatic nitrogens is 4. The van der Waals surface area contributed by atoms with E-state index in [1.54, 1.807) is 6.20 Å². The highest BCUT2D eigenvalue weighted by atomic mass is 35.5. The van der Waals surface area contributed by atoms with Crippen LogP contribution < -0.4 is 10.5 Å². The highest BCUT2D eigenvalue weighted by Crippen LogP contribution is 2.28. The van der Waals surface area contributed by atoms with Crippen molar-refractivity contribution in [2.45, 2.75) is 13.0 Å². The molecule has 4 aromatic rings. The Labute approximate surface area is 166 Å². The van der Waals surface area contributed by atoms with Crippen molar-refractivity contribution in [3.63, 3.8) is 0 Å². The number of halogens is 1. The molecule has 7 heteroatoms. The summed E-state index contributed by atoms with van der Waals surface area (Å²) in [7, 11) is 1.86. The van der Waals surface area contributed by atoms with Crippen LogP contribution in [0, 0.1) is 0 Å². The van der Waals surface area contributed by atoms with Crippen LogP contribution in [0.15, 0.2) is 59.5 Å². The van der Waals surface area contributed by atoms with Gasteiger partial charge in [-0.05, 0) is 29.7 Å². The first-order valence-electron chi connectivity index (χ1n) is 9.15. The summed E-state index contributed by atoms with van der Waals surface area (Å²) in [5.41, 5.74) is 4.63. The van der Waals surface area contributed by atoms with E-state index >= 15 is 0 Å². The van der Waals surface area contributed by atoms with Gasteiger partial charge in [-0.2, -0.15) is 9.78 Å². The van der Waals surface area contributed by atoms with E-state index in [2.05, 4.69) is 33.2 Å². The number of hydrogen-bond donors (Lipinski definition) is 0. The van der Waals surface area contributed by atoms with E-state index in [0.717, 1.165) is 24.0 Å². The van der Waals surface area contributed by atoms with E-state index in [9.17, 15) is 4.79 Å². The van der Waals surface area contributed by atoms with Gasteiger partial charge in [0.1, 0.15) is 5.02 Å². The van der Waals surface area contributed by atoms with Crippen LogP contribution in [0.2, 0.25) is 5.02 Å². The molecule has 3 heterocycles. The summed E-state index contributed by atoms with van der Waals surface area (Å²) in [6.45, 7) is 1.52. The molecule has 0 saturated carbocycles. The second-order valence-electron chi connectivity index (χ2n) is 6.96. The van der Waals surface area contributed by atoms with Crippen LogP contribution in [0.1, 0.15) is 11.1 Å². The molecular weight excluding hydrogens is 374 g/mol. The Morgan fingerprint density at radius 2 is 1.79 bits per heavy atom. The van der Waals surface area contributed by atoms with Gasteiger partial charge < -0.3 is 9.47 Å². The highest BCUT2D eigenvalue weighted by molar-refractivity contribution is 6.33. The number of rotatable bonds is 2. The predicted octanol–water partition coefficient (Wildman–Crippen LogP) is 3.34. The zero-order chi connectivity index (χ0) is 19.3. The lowest BCUT2D eigenvalue weighted by molar-refractivity contribution is 0.696. The zero-order valence-corrected chi connectivity index (χ0v) is 16.1. The Bertz CT molecular complexity index is 1260. The number of benzene rings is 2. The minimum absolute atomic E-state index is 0.168. The van der Waals surface area contributed by atoms with E-state index < -0.39 is 0 Å². The maximum atomic E-state index is 13.0. The van der Waals surface area contributed by atoms with Crippen LogP contribution in [-0.4, -0.2) is 25.9 Å². The zero-order valence-electron chi connectivity index (χ0n) is 15.3. The SMILES string of the molecule is Cn1c(-n2ncc(N3CCc4ccccc4C3)c(Cl)c2=O)nc2ccccc21. The minimum atomic E-state index is -0.364. The van der Waals surface area contributed by atoms with Crippen molar-refractivity contribution in [1.82, 2.24) is 19.3 Å². The second-order valence-corrected chi connectivity index (χ2v) is 7.34. The molecule has 6 nitrogen and oxygen atoms in total. The number of aryl methyl sites for hydroxylation is 1. The summed E-state index contributed by atoms with van der Waals surface area (Å²) in [6.07, 6.45) is 2.58. The summed E-state index contributed by atoms with van der Waals surface area (Å²) in [5, 5.41) is 4.56. The van der Waals surface area contributed by atoms with Gasteiger partial charge in [-0.15, -0.1) is 0 Å². The van der Waals surface area contributed by atoms with Gasteiger partial charge in [-0.1, -0.05) is 48.0 Å². The molecule has 0 unspecified atom stereocenters. The fourth-order valence-electron chi connectivity index (χ4n) is 3.81. The Morgan fingerprint density at radius 3 is 2.61 bits per heavy atom. The quantitative estimate of drug-likeness (QED) is 0.526. The lowest BCUT2D eigenvalue weighted by Gasteiger charge is -2.30. The third kappa shape index (κ3) is 2.60. The molecule has 5 rings (SSSR count). The largest absolute Gasteiger partial charge is 0.364 e. The molecule has 28 heavy (non-hydrogen) atoms. The number of anilines is 1. The molecule has 0 bridgehead atoms. The van der Waals surface area contributed by atoms with Crippen LogP contribution in [-0.2, 0) is 20.0 Å². The molecule has 0 aliphatic carbocycles. The molecular formula is C21H18ClN5O. The third-order valence-electron chi connectivity index (χ3n) is 5.32. The van der Waals surface area contributed by atoms with E-state index in [1.807, 2.05) is 41.9 Å². The Morgan fingerprint density at radius 1 is 1.04 bits per heavy atom. The highest BCUT2D eigenvalue weighted by Gasteiger charge is 2.22. The number of hydrogen-bond acceptors (Lipinski definition) is 4. The van der Waals surface area contributed by atoms with Crippen molar-refractivity contribution >= 4 is 28.3 Å². The second kappa shape index (κ2) is 6.49. The Hall–Kier alpha value is -3.12. The van der Waals surface area contributed by atoms with Crippen LogP contribution in [0.5, 0.6) is 0 Å². The van der Waals surface area contributed by atoms with Crippen molar-refractivity contribution in [3.05, 3.63) is 81.2 Å². The van der Waals surface area contributed by atoms with Gasteiger partial charge in [0.2, 0.25) is 5.95 Å². The van der Waals surface area contributed by atoms with E-state index in [-0.39, 0.29) is 10.6 Å². The van der Waals surface area contributed by atoms with Crippen molar-refractivity contribution < 1.29 is 0 Å². The lowest BCUT2D eigenvalue weighted by atomic mass is 10.00. The Balaban J connectivity index is 1.56. The molecule has 0 atom stereocenters. The molecule has 0 radical (unpaired) electrons. The summed E-state index contributed by atoms with van der Waals surface area (Å²) in [4.78, 5) is 19.7. The summed E-state index contributed by atoms with van der Waals surface area (Å²) in [5.74, 6) is 0.448. The van der Waals surface area contributed by atoms with Gasteiger partial charge in [-0.25, -0.2) is 4.98 Å². The first-order chi connectivity index (χ1) is 13.6. The maximum Gasteiger partial charge on any atom is 0.295 e. The molecule has 140 valence electrons. The van der Waals surface area contributed by atoms with Gasteiger partial charge in [0.25, 0.3) is 5.56 Å². The maximum absolute atomic E-state index is 13.0. The molecule has 1 aliphatic rings. The normalized spacial score (nSPS) is 13.7. The van der Waals surface area contributed by atoms with Gasteiger partial charge in [0, 0.05) is 20.1 Å². The number of imidazole rings is 1. The van der Waals surface area contributed by atoms with Crippen LogP contribution in [0.4, 0.5) is 5.69 Å². The number of nitrogens with zero attached hydrogens (tertiary/aromatic N) is 5. The molecule has 1 aliphatic heterocycles. The van der Waals surface area contributed by atoms with Gasteiger partial charge >= 0.3 is 0 Å². The van der Waals surface area contributed by atoms with Crippen LogP contribution in [0.3, 0.4) is 0 Å². The lowest BCUT2D eigenvalue weighted by Crippen LogP contribution is -2.33. The minimum Gasteiger partial charge on any atom is -0.364 e. The van der Waals surface area contributed by atoms with E-state index in [4.69, 9.17) is 11.6 Å². The molecule has 0 saturated heterocycles. The molecule has 0 N–H and O–H groups in total. The van der Waals surface area contributed by atoms with Crippen molar-refractivity contribution in [1.29, 1.82) is 0 Å². The number of para-hydroxylation sites is 2. The van der Waals surface area contributed by atoms with Crippen molar-refractivity contribution in [3.8, 4) is 5.95 Å². The fraction of sp³-hybridized carbons (Fsp3) is 0.190. The van der Waals surface area contributed by atoms with Gasteiger partial charge in [-0.3, -0.25) is 4.79 Å². The molecule has 2 aromatic carbocycles. The topological polar surface area (TPSA) is 56.0 Å². The van der Waals surface area contributed by atoms with Crippen LogP contribution in [0.25, 0.3) is 17.0 Å². The smallest absolute Gasteiger partial charge is 0.295 e. The molecule has 0 amide bonds.